The number of ether oxygens (including phenoxy) is 1. The van der Waals surface area contributed by atoms with E-state index >= 15 is 0 Å². The van der Waals surface area contributed by atoms with Crippen molar-refractivity contribution in [1.82, 2.24) is 9.88 Å². The minimum atomic E-state index is -3.63. The molecule has 3 rings (SSSR count). The lowest BCUT2D eigenvalue weighted by molar-refractivity contribution is -0.115. The van der Waals surface area contributed by atoms with E-state index in [2.05, 4.69) is 15.2 Å². The van der Waals surface area contributed by atoms with Crippen LogP contribution in [0.4, 0.5) is 5.69 Å². The van der Waals surface area contributed by atoms with Gasteiger partial charge >= 0.3 is 0 Å². The SMILES string of the molecule is COc1ccc(S(=O)(=O)NC2CC2)cc1NC(=O)Cc1c(C)noc1C. The maximum atomic E-state index is 12.4. The van der Waals surface area contributed by atoms with Gasteiger partial charge in [-0.25, -0.2) is 13.1 Å². The first kappa shape index (κ1) is 18.4. The lowest BCUT2D eigenvalue weighted by Gasteiger charge is -2.13. The van der Waals surface area contributed by atoms with Gasteiger partial charge in [-0.2, -0.15) is 0 Å². The van der Waals surface area contributed by atoms with Gasteiger partial charge in [-0.1, -0.05) is 5.16 Å². The average molecular weight is 379 g/mol. The van der Waals surface area contributed by atoms with Gasteiger partial charge < -0.3 is 14.6 Å². The molecule has 0 atom stereocenters. The second-order valence-corrected chi connectivity index (χ2v) is 8.00. The maximum absolute atomic E-state index is 12.4. The summed E-state index contributed by atoms with van der Waals surface area (Å²) in [6, 6.07) is 4.37. The molecule has 0 radical (unpaired) electrons. The van der Waals surface area contributed by atoms with Gasteiger partial charge in [-0.15, -0.1) is 0 Å². The second-order valence-electron chi connectivity index (χ2n) is 6.29. The van der Waals surface area contributed by atoms with Crippen molar-refractivity contribution in [1.29, 1.82) is 0 Å². The molecule has 1 saturated carbocycles. The van der Waals surface area contributed by atoms with Crippen LogP contribution in [0.15, 0.2) is 27.6 Å². The van der Waals surface area contributed by atoms with E-state index in [0.717, 1.165) is 12.8 Å². The van der Waals surface area contributed by atoms with Crippen molar-refractivity contribution in [3.63, 3.8) is 0 Å². The molecule has 0 unspecified atom stereocenters. The smallest absolute Gasteiger partial charge is 0.240 e. The number of benzene rings is 1. The van der Waals surface area contributed by atoms with E-state index in [1.807, 2.05) is 0 Å². The number of hydrogen-bond donors (Lipinski definition) is 2. The number of anilines is 1. The molecule has 2 aromatic rings. The zero-order valence-electron chi connectivity index (χ0n) is 14.8. The first-order valence-electron chi connectivity index (χ1n) is 8.22. The highest BCUT2D eigenvalue weighted by Crippen LogP contribution is 2.29. The number of aryl methyl sites for hydroxylation is 2. The molecule has 0 spiro atoms. The quantitative estimate of drug-likeness (QED) is 0.760. The van der Waals surface area contributed by atoms with Crippen LogP contribution in [-0.2, 0) is 21.2 Å². The van der Waals surface area contributed by atoms with E-state index in [-0.39, 0.29) is 23.3 Å². The third kappa shape index (κ3) is 4.05. The molecule has 0 saturated heterocycles. The van der Waals surface area contributed by atoms with E-state index in [0.29, 0.717) is 28.5 Å². The number of amides is 1. The van der Waals surface area contributed by atoms with Gasteiger partial charge in [0.25, 0.3) is 0 Å². The monoisotopic (exact) mass is 379 g/mol. The standard InChI is InChI=1S/C17H21N3O5S/c1-10-14(11(2)25-19-10)9-17(21)18-15-8-13(6-7-16(15)24-3)26(22,23)20-12-4-5-12/h6-8,12,20H,4-5,9H2,1-3H3,(H,18,21). The van der Waals surface area contributed by atoms with E-state index in [1.165, 1.54) is 25.3 Å². The van der Waals surface area contributed by atoms with E-state index in [4.69, 9.17) is 9.26 Å². The van der Waals surface area contributed by atoms with Gasteiger partial charge in [0.15, 0.2) is 0 Å². The molecule has 9 heteroatoms. The number of rotatable bonds is 7. The summed E-state index contributed by atoms with van der Waals surface area (Å²) in [5, 5.41) is 6.53. The molecule has 1 aliphatic rings. The Morgan fingerprint density at radius 1 is 1.35 bits per heavy atom. The molecule has 1 aromatic carbocycles. The van der Waals surface area contributed by atoms with Crippen LogP contribution < -0.4 is 14.8 Å². The highest BCUT2D eigenvalue weighted by Gasteiger charge is 2.28. The Labute approximate surface area is 152 Å². The van der Waals surface area contributed by atoms with Crippen LogP contribution in [0.2, 0.25) is 0 Å². The Kier molecular flexibility index (Phi) is 5.01. The minimum Gasteiger partial charge on any atom is -0.495 e. The van der Waals surface area contributed by atoms with Gasteiger partial charge in [0.2, 0.25) is 15.9 Å². The Hall–Kier alpha value is -2.39. The fraction of sp³-hybridized carbons (Fsp3) is 0.412. The zero-order valence-corrected chi connectivity index (χ0v) is 15.6. The number of hydrogen-bond acceptors (Lipinski definition) is 6. The topological polar surface area (TPSA) is 111 Å². The van der Waals surface area contributed by atoms with Crippen molar-refractivity contribution in [2.45, 2.75) is 44.0 Å². The lowest BCUT2D eigenvalue weighted by Crippen LogP contribution is -2.26. The van der Waals surface area contributed by atoms with Crippen LogP contribution in [0, 0.1) is 13.8 Å². The second kappa shape index (κ2) is 7.08. The molecule has 0 bridgehead atoms. The highest BCUT2D eigenvalue weighted by atomic mass is 32.2. The van der Waals surface area contributed by atoms with Crippen molar-refractivity contribution < 1.29 is 22.5 Å². The predicted molar refractivity (Wildman–Crippen MR) is 94.6 cm³/mol. The van der Waals surface area contributed by atoms with Crippen LogP contribution in [0.25, 0.3) is 0 Å². The number of nitrogens with zero attached hydrogens (tertiary/aromatic N) is 1. The van der Waals surface area contributed by atoms with Crippen LogP contribution in [0.3, 0.4) is 0 Å². The Balaban J connectivity index is 1.81. The number of carbonyl (C=O) groups is 1. The third-order valence-corrected chi connectivity index (χ3v) is 5.69. The summed E-state index contributed by atoms with van der Waals surface area (Å²) in [7, 11) is -2.17. The summed E-state index contributed by atoms with van der Waals surface area (Å²) in [5.74, 6) is 0.638. The zero-order chi connectivity index (χ0) is 18.9. The molecule has 2 N–H and O–H groups in total. The van der Waals surface area contributed by atoms with Crippen LogP contribution in [0.1, 0.15) is 29.9 Å². The average Bonchev–Trinajstić information content (AvgIpc) is 3.34. The minimum absolute atomic E-state index is 0.000292. The molecule has 8 nitrogen and oxygen atoms in total. The normalized spacial score (nSPS) is 14.3. The summed E-state index contributed by atoms with van der Waals surface area (Å²) in [5.41, 5.74) is 1.65. The van der Waals surface area contributed by atoms with Crippen molar-refractivity contribution in [3.8, 4) is 5.75 Å². The molecular weight excluding hydrogens is 358 g/mol. The van der Waals surface area contributed by atoms with Crippen molar-refractivity contribution in [3.05, 3.63) is 35.2 Å². The molecule has 1 amide bonds. The number of carbonyl (C=O) groups excluding carboxylic acids is 1. The Morgan fingerprint density at radius 2 is 2.08 bits per heavy atom. The largest absolute Gasteiger partial charge is 0.495 e. The predicted octanol–water partition coefficient (Wildman–Crippen LogP) is 1.92. The van der Waals surface area contributed by atoms with E-state index in [9.17, 15) is 13.2 Å². The number of sulfonamides is 1. The van der Waals surface area contributed by atoms with Crippen molar-refractivity contribution in [2.24, 2.45) is 0 Å². The molecule has 1 heterocycles. The lowest BCUT2D eigenvalue weighted by atomic mass is 10.1. The number of methoxy groups -OCH3 is 1. The number of nitrogens with one attached hydrogen (secondary N) is 2. The van der Waals surface area contributed by atoms with Crippen LogP contribution >= 0.6 is 0 Å². The van der Waals surface area contributed by atoms with Crippen LogP contribution in [0.5, 0.6) is 5.75 Å². The molecule has 140 valence electrons. The summed E-state index contributed by atoms with van der Waals surface area (Å²) in [6.45, 7) is 3.50. The molecule has 1 aromatic heterocycles. The molecular formula is C17H21N3O5S. The summed E-state index contributed by atoms with van der Waals surface area (Å²) >= 11 is 0. The van der Waals surface area contributed by atoms with Gasteiger partial charge in [0.1, 0.15) is 11.5 Å². The van der Waals surface area contributed by atoms with Gasteiger partial charge in [-0.05, 0) is 44.9 Å². The molecule has 0 aliphatic heterocycles. The summed E-state index contributed by atoms with van der Waals surface area (Å²) in [4.78, 5) is 12.5. The summed E-state index contributed by atoms with van der Waals surface area (Å²) < 4.78 is 37.7. The van der Waals surface area contributed by atoms with E-state index < -0.39 is 10.0 Å². The fourth-order valence-corrected chi connectivity index (χ4v) is 3.88. The highest BCUT2D eigenvalue weighted by molar-refractivity contribution is 7.89. The third-order valence-electron chi connectivity index (χ3n) is 4.17. The van der Waals surface area contributed by atoms with Crippen molar-refractivity contribution in [2.75, 3.05) is 12.4 Å². The first-order valence-corrected chi connectivity index (χ1v) is 9.70. The molecule has 26 heavy (non-hydrogen) atoms. The summed E-state index contributed by atoms with van der Waals surface area (Å²) in [6.07, 6.45) is 1.76. The van der Waals surface area contributed by atoms with Gasteiger partial charge in [0, 0.05) is 11.6 Å². The Morgan fingerprint density at radius 3 is 2.65 bits per heavy atom. The maximum Gasteiger partial charge on any atom is 0.240 e. The van der Waals surface area contributed by atoms with Gasteiger partial charge in [-0.3, -0.25) is 4.79 Å². The van der Waals surface area contributed by atoms with Crippen molar-refractivity contribution >= 4 is 21.6 Å². The van der Waals surface area contributed by atoms with Crippen LogP contribution in [-0.4, -0.2) is 32.6 Å². The molecule has 1 aliphatic carbocycles. The Bertz CT molecular complexity index is 912. The molecule has 1 fully saturated rings. The number of aromatic nitrogens is 1. The fourth-order valence-electron chi connectivity index (χ4n) is 2.55. The van der Waals surface area contributed by atoms with E-state index in [1.54, 1.807) is 13.8 Å². The van der Waals surface area contributed by atoms with Gasteiger partial charge in [0.05, 0.1) is 29.8 Å². The first-order chi connectivity index (χ1) is 12.3.